The van der Waals surface area contributed by atoms with Crippen molar-refractivity contribution in [3.05, 3.63) is 12.7 Å². The predicted molar refractivity (Wildman–Crippen MR) is 62.7 cm³/mol. The van der Waals surface area contributed by atoms with E-state index in [1.165, 1.54) is 6.08 Å². The van der Waals surface area contributed by atoms with Crippen LogP contribution in [0.5, 0.6) is 0 Å². The standard InChI is InChI=1S/C12H19NO4/c1-3-7-17-12(16)13-6-5-9(11(14)15)8-10(13)4-2/h3,9-10H,1,4-8H2,2H3,(H,14,15)/t9-,10-/m1/s1. The Balaban J connectivity index is 2.59. The predicted octanol–water partition coefficient (Wildman–Crippen LogP) is 1.88. The van der Waals surface area contributed by atoms with Gasteiger partial charge in [-0.3, -0.25) is 4.79 Å². The van der Waals surface area contributed by atoms with Gasteiger partial charge in [0.05, 0.1) is 5.92 Å². The molecule has 0 spiro atoms. The molecule has 1 rings (SSSR count). The number of carbonyl (C=O) groups excluding carboxylic acids is 1. The van der Waals surface area contributed by atoms with Gasteiger partial charge in [0.1, 0.15) is 6.61 Å². The van der Waals surface area contributed by atoms with Crippen LogP contribution in [-0.4, -0.2) is 41.3 Å². The van der Waals surface area contributed by atoms with Crippen LogP contribution in [0.15, 0.2) is 12.7 Å². The molecule has 1 fully saturated rings. The van der Waals surface area contributed by atoms with E-state index < -0.39 is 5.97 Å². The summed E-state index contributed by atoms with van der Waals surface area (Å²) in [6.45, 7) is 6.06. The number of amides is 1. The first-order valence-electron chi connectivity index (χ1n) is 5.87. The van der Waals surface area contributed by atoms with Gasteiger partial charge >= 0.3 is 12.1 Å². The summed E-state index contributed by atoms with van der Waals surface area (Å²) in [5.74, 6) is -1.12. The summed E-state index contributed by atoms with van der Waals surface area (Å²) < 4.78 is 4.98. The fourth-order valence-corrected chi connectivity index (χ4v) is 2.12. The summed E-state index contributed by atoms with van der Waals surface area (Å²) in [5, 5.41) is 8.97. The van der Waals surface area contributed by atoms with E-state index in [-0.39, 0.29) is 24.7 Å². The molecule has 0 saturated carbocycles. The fraction of sp³-hybridized carbons (Fsp3) is 0.667. The molecule has 1 heterocycles. The van der Waals surface area contributed by atoms with Crippen LogP contribution >= 0.6 is 0 Å². The lowest BCUT2D eigenvalue weighted by Gasteiger charge is -2.36. The molecule has 0 aromatic rings. The van der Waals surface area contributed by atoms with Crippen LogP contribution in [0.25, 0.3) is 0 Å². The largest absolute Gasteiger partial charge is 0.481 e. The van der Waals surface area contributed by atoms with Gasteiger partial charge in [-0.15, -0.1) is 0 Å². The average molecular weight is 241 g/mol. The van der Waals surface area contributed by atoms with Crippen molar-refractivity contribution in [2.75, 3.05) is 13.2 Å². The molecular formula is C12H19NO4. The first kappa shape index (κ1) is 13.5. The van der Waals surface area contributed by atoms with Crippen molar-refractivity contribution in [2.45, 2.75) is 32.2 Å². The minimum Gasteiger partial charge on any atom is -0.481 e. The third-order valence-corrected chi connectivity index (χ3v) is 3.10. The molecule has 0 bridgehead atoms. The van der Waals surface area contributed by atoms with E-state index in [0.29, 0.717) is 19.4 Å². The topological polar surface area (TPSA) is 66.8 Å². The van der Waals surface area contributed by atoms with Gasteiger partial charge in [-0.05, 0) is 19.3 Å². The zero-order chi connectivity index (χ0) is 12.8. The Labute approximate surface area is 101 Å². The van der Waals surface area contributed by atoms with Gasteiger partial charge in [-0.2, -0.15) is 0 Å². The number of ether oxygens (including phenoxy) is 1. The second kappa shape index (κ2) is 6.27. The number of piperidine rings is 1. The summed E-state index contributed by atoms with van der Waals surface area (Å²) >= 11 is 0. The number of hydrogen-bond acceptors (Lipinski definition) is 3. The maximum atomic E-state index is 11.7. The molecular weight excluding hydrogens is 222 g/mol. The number of hydrogen-bond donors (Lipinski definition) is 1. The maximum absolute atomic E-state index is 11.7. The number of aliphatic carboxylic acids is 1. The van der Waals surface area contributed by atoms with Crippen LogP contribution in [0.1, 0.15) is 26.2 Å². The van der Waals surface area contributed by atoms with E-state index in [2.05, 4.69) is 6.58 Å². The van der Waals surface area contributed by atoms with Crippen molar-refractivity contribution in [3.63, 3.8) is 0 Å². The zero-order valence-corrected chi connectivity index (χ0v) is 10.1. The highest BCUT2D eigenvalue weighted by Gasteiger charge is 2.34. The minimum atomic E-state index is -0.775. The molecule has 0 aromatic heterocycles. The van der Waals surface area contributed by atoms with Crippen LogP contribution in [0.2, 0.25) is 0 Å². The molecule has 1 aliphatic heterocycles. The van der Waals surface area contributed by atoms with Crippen molar-refractivity contribution >= 4 is 12.1 Å². The summed E-state index contributed by atoms with van der Waals surface area (Å²) in [4.78, 5) is 24.3. The molecule has 5 heteroatoms. The Hall–Kier alpha value is -1.52. The lowest BCUT2D eigenvalue weighted by molar-refractivity contribution is -0.144. The third-order valence-electron chi connectivity index (χ3n) is 3.10. The first-order valence-corrected chi connectivity index (χ1v) is 5.87. The Morgan fingerprint density at radius 3 is 2.82 bits per heavy atom. The highest BCUT2D eigenvalue weighted by atomic mass is 16.6. The van der Waals surface area contributed by atoms with Crippen LogP contribution in [0.3, 0.4) is 0 Å². The zero-order valence-electron chi connectivity index (χ0n) is 10.1. The Bertz CT molecular complexity index is 303. The van der Waals surface area contributed by atoms with Gasteiger partial charge in [0.15, 0.2) is 0 Å². The van der Waals surface area contributed by atoms with Crippen molar-refractivity contribution in [1.82, 2.24) is 4.90 Å². The molecule has 17 heavy (non-hydrogen) atoms. The third kappa shape index (κ3) is 3.47. The second-order valence-electron chi connectivity index (χ2n) is 4.18. The number of carbonyl (C=O) groups is 2. The molecule has 1 aliphatic rings. The quantitative estimate of drug-likeness (QED) is 0.763. The Kier molecular flexibility index (Phi) is 5.00. The SMILES string of the molecule is C=CCOC(=O)N1CC[C@@H](C(=O)O)C[C@H]1CC. The Morgan fingerprint density at radius 1 is 1.59 bits per heavy atom. The van der Waals surface area contributed by atoms with Crippen LogP contribution in [0.4, 0.5) is 4.79 Å². The number of likely N-dealkylation sites (tertiary alicyclic amines) is 1. The van der Waals surface area contributed by atoms with Crippen molar-refractivity contribution < 1.29 is 19.4 Å². The summed E-state index contributed by atoms with van der Waals surface area (Å²) in [7, 11) is 0. The molecule has 96 valence electrons. The molecule has 1 saturated heterocycles. The van der Waals surface area contributed by atoms with Crippen LogP contribution in [-0.2, 0) is 9.53 Å². The normalized spacial score (nSPS) is 24.2. The van der Waals surface area contributed by atoms with Gasteiger partial charge in [0.25, 0.3) is 0 Å². The molecule has 1 N–H and O–H groups in total. The molecule has 5 nitrogen and oxygen atoms in total. The van der Waals surface area contributed by atoms with Crippen molar-refractivity contribution in [2.24, 2.45) is 5.92 Å². The van der Waals surface area contributed by atoms with Crippen LogP contribution < -0.4 is 0 Å². The smallest absolute Gasteiger partial charge is 0.410 e. The second-order valence-corrected chi connectivity index (χ2v) is 4.18. The summed E-state index contributed by atoms with van der Waals surface area (Å²) in [5.41, 5.74) is 0. The highest BCUT2D eigenvalue weighted by Crippen LogP contribution is 2.25. The highest BCUT2D eigenvalue weighted by molar-refractivity contribution is 5.72. The molecule has 1 amide bonds. The Morgan fingerprint density at radius 2 is 2.29 bits per heavy atom. The van der Waals surface area contributed by atoms with E-state index in [1.54, 1.807) is 4.90 Å². The lowest BCUT2D eigenvalue weighted by Crippen LogP contribution is -2.47. The van der Waals surface area contributed by atoms with Crippen molar-refractivity contribution in [1.29, 1.82) is 0 Å². The van der Waals surface area contributed by atoms with Gasteiger partial charge in [-0.1, -0.05) is 19.6 Å². The molecule has 0 aliphatic carbocycles. The first-order chi connectivity index (χ1) is 8.10. The molecule has 0 radical (unpaired) electrons. The monoisotopic (exact) mass is 241 g/mol. The number of rotatable bonds is 4. The molecule has 0 unspecified atom stereocenters. The fourth-order valence-electron chi connectivity index (χ4n) is 2.12. The average Bonchev–Trinajstić information content (AvgIpc) is 2.34. The van der Waals surface area contributed by atoms with E-state index in [9.17, 15) is 9.59 Å². The van der Waals surface area contributed by atoms with Gasteiger partial charge in [0, 0.05) is 12.6 Å². The van der Waals surface area contributed by atoms with Gasteiger partial charge in [-0.25, -0.2) is 4.79 Å². The van der Waals surface area contributed by atoms with E-state index in [1.807, 2.05) is 6.92 Å². The number of carboxylic acid groups (broad SMARTS) is 1. The van der Waals surface area contributed by atoms with Gasteiger partial charge < -0.3 is 14.7 Å². The summed E-state index contributed by atoms with van der Waals surface area (Å²) in [6.07, 6.45) is 2.89. The summed E-state index contributed by atoms with van der Waals surface area (Å²) in [6, 6.07) is -0.0397. The van der Waals surface area contributed by atoms with E-state index in [0.717, 1.165) is 6.42 Å². The lowest BCUT2D eigenvalue weighted by atomic mass is 9.90. The molecule has 2 atom stereocenters. The number of carboxylic acids is 1. The maximum Gasteiger partial charge on any atom is 0.410 e. The van der Waals surface area contributed by atoms with Gasteiger partial charge in [0.2, 0.25) is 0 Å². The van der Waals surface area contributed by atoms with E-state index >= 15 is 0 Å². The van der Waals surface area contributed by atoms with E-state index in [4.69, 9.17) is 9.84 Å². The minimum absolute atomic E-state index is 0.0397. The van der Waals surface area contributed by atoms with Crippen LogP contribution in [0, 0.1) is 5.92 Å². The number of nitrogens with zero attached hydrogens (tertiary/aromatic N) is 1. The molecule has 0 aromatic carbocycles. The van der Waals surface area contributed by atoms with Crippen molar-refractivity contribution in [3.8, 4) is 0 Å².